The summed E-state index contributed by atoms with van der Waals surface area (Å²) in [6.07, 6.45) is 33.7. The van der Waals surface area contributed by atoms with Gasteiger partial charge in [-0.3, -0.25) is 0 Å². The predicted octanol–water partition coefficient (Wildman–Crippen LogP) is 5.70. The molecule has 0 amide bonds. The van der Waals surface area contributed by atoms with Crippen molar-refractivity contribution in [3.63, 3.8) is 0 Å². The molecule has 6 N–H and O–H groups in total. The topological polar surface area (TPSA) is 78.1 Å². The molecule has 3 rings (SSSR count). The first-order valence-electron chi connectivity index (χ1n) is 11.0. The van der Waals surface area contributed by atoms with Gasteiger partial charge in [-0.25, -0.2) is 0 Å². The monoisotopic (exact) mass is 415 g/mol. The lowest BCUT2D eigenvalue weighted by molar-refractivity contribution is 0.339. The molecular weight excluding hydrogens is 378 g/mol. The van der Waals surface area contributed by atoms with Gasteiger partial charge in [-0.15, -0.1) is 0 Å². The molecule has 164 valence electrons. The number of rotatable bonds is 4. The van der Waals surface area contributed by atoms with Gasteiger partial charge >= 0.3 is 0 Å². The van der Waals surface area contributed by atoms with E-state index in [1.165, 1.54) is 0 Å². The van der Waals surface area contributed by atoms with E-state index in [9.17, 15) is 0 Å². The zero-order valence-corrected chi connectivity index (χ0v) is 19.3. The second kappa shape index (κ2) is 8.30. The van der Waals surface area contributed by atoms with Crippen LogP contribution in [0.3, 0.4) is 0 Å². The summed E-state index contributed by atoms with van der Waals surface area (Å²) in [6.45, 7) is 8.98. The van der Waals surface area contributed by atoms with Crippen LogP contribution in [0.1, 0.15) is 40.5 Å². The minimum atomic E-state index is -0.210. The van der Waals surface area contributed by atoms with Crippen LogP contribution in [-0.2, 0) is 0 Å². The first-order chi connectivity index (χ1) is 14.4. The number of hydrogen-bond acceptors (Lipinski definition) is 3. The molecule has 0 heterocycles. The molecule has 0 aliphatic heterocycles. The molecule has 3 heteroatoms. The normalized spacial score (nSPS) is 40.1. The van der Waals surface area contributed by atoms with Crippen molar-refractivity contribution < 1.29 is 0 Å². The quantitative estimate of drug-likeness (QED) is 0.516. The predicted molar refractivity (Wildman–Crippen MR) is 133 cm³/mol. The Hall–Kier alpha value is -2.94. The van der Waals surface area contributed by atoms with Gasteiger partial charge in [0.15, 0.2) is 0 Å². The summed E-state index contributed by atoms with van der Waals surface area (Å²) in [5, 5.41) is 0. The summed E-state index contributed by atoms with van der Waals surface area (Å²) in [7, 11) is 0. The average molecular weight is 416 g/mol. The average Bonchev–Trinajstić information content (AvgIpc) is 2.93. The molecule has 3 nitrogen and oxygen atoms in total. The molecule has 4 unspecified atom stereocenters. The lowest BCUT2D eigenvalue weighted by atomic mass is 9.67. The van der Waals surface area contributed by atoms with Gasteiger partial charge in [0.2, 0.25) is 0 Å². The maximum Gasteiger partial charge on any atom is 0.0310 e. The molecular formula is C28H37N3. The Morgan fingerprint density at radius 1 is 0.516 bits per heavy atom. The standard InChI is InChI=1S/C28H37N3/c1-25(13-7-9-22(29)10-14-25)20-26(2)15-11-24(31)19-28(4,17-16-26)21-27(3)12-6-5-8-23(30)18-27/h5-19H,20-21,29-31H2,1-4H3/b15-11-,17-16?,24-19+. The molecule has 0 aromatic carbocycles. The van der Waals surface area contributed by atoms with Gasteiger partial charge in [-0.1, -0.05) is 94.5 Å². The van der Waals surface area contributed by atoms with E-state index < -0.39 is 0 Å². The summed E-state index contributed by atoms with van der Waals surface area (Å²) in [5.74, 6) is 0. The van der Waals surface area contributed by atoms with Crippen LogP contribution in [0.2, 0.25) is 0 Å². The van der Waals surface area contributed by atoms with Gasteiger partial charge in [0.1, 0.15) is 0 Å². The van der Waals surface area contributed by atoms with Crippen molar-refractivity contribution in [2.45, 2.75) is 40.5 Å². The van der Waals surface area contributed by atoms with Crippen molar-refractivity contribution in [1.29, 1.82) is 0 Å². The first-order valence-corrected chi connectivity index (χ1v) is 11.0. The van der Waals surface area contributed by atoms with Crippen molar-refractivity contribution in [2.75, 3.05) is 0 Å². The summed E-state index contributed by atoms with van der Waals surface area (Å²) < 4.78 is 0. The van der Waals surface area contributed by atoms with Crippen molar-refractivity contribution in [3.05, 3.63) is 108 Å². The fourth-order valence-corrected chi connectivity index (χ4v) is 4.99. The molecule has 0 radical (unpaired) electrons. The summed E-state index contributed by atoms with van der Waals surface area (Å²) >= 11 is 0. The van der Waals surface area contributed by atoms with Crippen molar-refractivity contribution in [1.82, 2.24) is 0 Å². The lowest BCUT2D eigenvalue weighted by Crippen LogP contribution is -2.27. The Labute approximate surface area is 187 Å². The minimum Gasteiger partial charge on any atom is -0.399 e. The van der Waals surface area contributed by atoms with Crippen LogP contribution in [-0.4, -0.2) is 0 Å². The van der Waals surface area contributed by atoms with Crippen LogP contribution >= 0.6 is 0 Å². The van der Waals surface area contributed by atoms with Crippen LogP contribution in [0.15, 0.2) is 108 Å². The maximum atomic E-state index is 6.43. The van der Waals surface area contributed by atoms with Crippen LogP contribution < -0.4 is 17.2 Å². The van der Waals surface area contributed by atoms with E-state index in [1.54, 1.807) is 0 Å². The van der Waals surface area contributed by atoms with Gasteiger partial charge in [-0.2, -0.15) is 0 Å². The summed E-state index contributed by atoms with van der Waals surface area (Å²) in [5.41, 5.74) is 20.3. The molecule has 3 aliphatic rings. The van der Waals surface area contributed by atoms with Crippen LogP contribution in [0.25, 0.3) is 0 Å². The summed E-state index contributed by atoms with van der Waals surface area (Å²) in [4.78, 5) is 0. The minimum absolute atomic E-state index is 0.103. The highest BCUT2D eigenvalue weighted by Gasteiger charge is 2.34. The molecule has 0 saturated carbocycles. The molecule has 0 aromatic heterocycles. The van der Waals surface area contributed by atoms with Crippen molar-refractivity contribution in [2.24, 2.45) is 38.9 Å². The molecule has 0 aromatic rings. The van der Waals surface area contributed by atoms with Crippen LogP contribution in [0.5, 0.6) is 0 Å². The Morgan fingerprint density at radius 2 is 1.00 bits per heavy atom. The Kier molecular flexibility index (Phi) is 6.09. The van der Waals surface area contributed by atoms with E-state index in [-0.39, 0.29) is 21.7 Å². The van der Waals surface area contributed by atoms with Crippen LogP contribution in [0.4, 0.5) is 0 Å². The summed E-state index contributed by atoms with van der Waals surface area (Å²) in [6, 6.07) is 0. The fraction of sp³-hybridized carbons (Fsp3) is 0.357. The van der Waals surface area contributed by atoms with E-state index in [0.29, 0.717) is 0 Å². The van der Waals surface area contributed by atoms with Gasteiger partial charge in [0.05, 0.1) is 0 Å². The number of allylic oxidation sites excluding steroid dienone is 15. The Balaban J connectivity index is 1.91. The number of hydrogen-bond donors (Lipinski definition) is 3. The van der Waals surface area contributed by atoms with E-state index in [4.69, 9.17) is 17.2 Å². The highest BCUT2D eigenvalue weighted by atomic mass is 14.6. The van der Waals surface area contributed by atoms with Crippen LogP contribution in [0, 0.1) is 21.7 Å². The third kappa shape index (κ3) is 6.04. The van der Waals surface area contributed by atoms with Gasteiger partial charge in [0, 0.05) is 38.8 Å². The molecule has 3 aliphatic carbocycles. The maximum absolute atomic E-state index is 6.43. The number of nitrogens with two attached hydrogens (primary N) is 3. The zero-order chi connectivity index (χ0) is 22.8. The van der Waals surface area contributed by atoms with E-state index in [2.05, 4.69) is 94.5 Å². The zero-order valence-electron chi connectivity index (χ0n) is 19.3. The second-order valence-corrected chi connectivity index (χ2v) is 10.4. The van der Waals surface area contributed by atoms with E-state index in [1.807, 2.05) is 24.3 Å². The van der Waals surface area contributed by atoms with Gasteiger partial charge < -0.3 is 17.2 Å². The van der Waals surface area contributed by atoms with Crippen molar-refractivity contribution in [3.8, 4) is 0 Å². The molecule has 0 fully saturated rings. The molecule has 0 bridgehead atoms. The van der Waals surface area contributed by atoms with Crippen molar-refractivity contribution >= 4 is 0 Å². The Morgan fingerprint density at radius 3 is 1.71 bits per heavy atom. The molecule has 4 atom stereocenters. The molecule has 0 saturated heterocycles. The lowest BCUT2D eigenvalue weighted by Gasteiger charge is -2.37. The smallest absolute Gasteiger partial charge is 0.0310 e. The molecule has 0 spiro atoms. The van der Waals surface area contributed by atoms with Gasteiger partial charge in [0.25, 0.3) is 0 Å². The largest absolute Gasteiger partial charge is 0.399 e. The highest BCUT2D eigenvalue weighted by Crippen LogP contribution is 2.45. The third-order valence-electron chi connectivity index (χ3n) is 6.32. The SMILES string of the molecule is CC1(CC2(C)C=CC(C)(CC3(C)C=CC=CC(N)=C3)/C=C(N)\C=C/2)C=CC=C(N)C=C1. The van der Waals surface area contributed by atoms with E-state index >= 15 is 0 Å². The highest BCUT2D eigenvalue weighted by molar-refractivity contribution is 5.35. The first kappa shape index (κ1) is 22.7. The second-order valence-electron chi connectivity index (χ2n) is 10.4. The third-order valence-corrected chi connectivity index (χ3v) is 6.32. The van der Waals surface area contributed by atoms with Gasteiger partial charge in [-0.05, 0) is 37.1 Å². The molecule has 31 heavy (non-hydrogen) atoms. The Bertz CT molecular complexity index is 984. The fourth-order valence-electron chi connectivity index (χ4n) is 4.99. The van der Waals surface area contributed by atoms with E-state index in [0.717, 1.165) is 29.9 Å².